The number of benzene rings is 2. The molecule has 0 saturated carbocycles. The molecule has 2 aliphatic heterocycles. The van der Waals surface area contributed by atoms with E-state index in [0.717, 1.165) is 20.9 Å². The van der Waals surface area contributed by atoms with Crippen molar-refractivity contribution in [2.45, 2.75) is 23.0 Å². The quantitative estimate of drug-likeness (QED) is 0.841. The van der Waals surface area contributed by atoms with Gasteiger partial charge in [0.2, 0.25) is 0 Å². The van der Waals surface area contributed by atoms with Crippen molar-refractivity contribution in [2.75, 3.05) is 0 Å². The van der Waals surface area contributed by atoms with E-state index < -0.39 is 6.10 Å². The van der Waals surface area contributed by atoms with Crippen LogP contribution in [0.5, 0.6) is 0 Å². The molecule has 0 N–H and O–H groups in total. The van der Waals surface area contributed by atoms with Gasteiger partial charge in [0.15, 0.2) is 11.6 Å². The zero-order valence-corrected chi connectivity index (χ0v) is 13.5. The first kappa shape index (κ1) is 14.2. The van der Waals surface area contributed by atoms with Gasteiger partial charge < -0.3 is 4.74 Å². The van der Waals surface area contributed by atoms with Crippen LogP contribution in [0.4, 0.5) is 0 Å². The van der Waals surface area contributed by atoms with Crippen molar-refractivity contribution in [3.05, 3.63) is 76.7 Å². The molecule has 0 spiro atoms. The molecule has 0 aromatic heterocycles. The summed E-state index contributed by atoms with van der Waals surface area (Å²) in [4.78, 5) is 27.4. The highest BCUT2D eigenvalue weighted by atomic mass is 32.2. The van der Waals surface area contributed by atoms with Crippen LogP contribution in [0.15, 0.2) is 70.5 Å². The van der Waals surface area contributed by atoms with Gasteiger partial charge >= 0.3 is 0 Å². The Balaban J connectivity index is 1.56. The van der Waals surface area contributed by atoms with Crippen molar-refractivity contribution in [1.29, 1.82) is 0 Å². The predicted octanol–water partition coefficient (Wildman–Crippen LogP) is 3.61. The van der Waals surface area contributed by atoms with E-state index in [1.807, 2.05) is 54.6 Å². The smallest absolute Gasteiger partial charge is 0.185 e. The summed E-state index contributed by atoms with van der Waals surface area (Å²) >= 11 is 1.52. The highest BCUT2D eigenvalue weighted by molar-refractivity contribution is 8.03. The van der Waals surface area contributed by atoms with Crippen LogP contribution in [0.2, 0.25) is 0 Å². The van der Waals surface area contributed by atoms with Gasteiger partial charge in [-0.1, -0.05) is 54.2 Å². The summed E-state index contributed by atoms with van der Waals surface area (Å²) in [5.41, 5.74) is 1.72. The number of thioether (sulfide) groups is 1. The number of ketones is 2. The molecule has 4 atom stereocenters. The van der Waals surface area contributed by atoms with Crippen LogP contribution in [0.3, 0.4) is 0 Å². The lowest BCUT2D eigenvalue weighted by atomic mass is 9.87. The summed E-state index contributed by atoms with van der Waals surface area (Å²) in [5.74, 6) is -0.336. The van der Waals surface area contributed by atoms with Gasteiger partial charge in [0.05, 0.1) is 5.92 Å². The first-order valence-corrected chi connectivity index (χ1v) is 8.82. The molecule has 2 aromatic rings. The molecule has 2 bridgehead atoms. The lowest BCUT2D eigenvalue weighted by Crippen LogP contribution is -2.29. The van der Waals surface area contributed by atoms with Crippen molar-refractivity contribution in [3.8, 4) is 0 Å². The van der Waals surface area contributed by atoms with E-state index in [4.69, 9.17) is 4.74 Å². The second-order valence-corrected chi connectivity index (χ2v) is 7.49. The van der Waals surface area contributed by atoms with Gasteiger partial charge in [-0.25, -0.2) is 0 Å². The maximum atomic E-state index is 12.9. The molecule has 118 valence electrons. The third kappa shape index (κ3) is 1.90. The fraction of sp³-hybridized carbons (Fsp3) is 0.200. The number of rotatable bonds is 2. The van der Waals surface area contributed by atoms with Crippen LogP contribution in [-0.4, -0.2) is 23.8 Å². The summed E-state index contributed by atoms with van der Waals surface area (Å²) in [5, 5.41) is 0. The fourth-order valence-electron chi connectivity index (χ4n) is 4.06. The van der Waals surface area contributed by atoms with Crippen LogP contribution < -0.4 is 0 Å². The molecule has 4 heteroatoms. The van der Waals surface area contributed by atoms with Crippen molar-refractivity contribution in [1.82, 2.24) is 0 Å². The Labute approximate surface area is 143 Å². The highest BCUT2D eigenvalue weighted by Crippen LogP contribution is 2.54. The lowest BCUT2D eigenvalue weighted by Gasteiger charge is -2.23. The topological polar surface area (TPSA) is 43.4 Å². The van der Waals surface area contributed by atoms with E-state index in [-0.39, 0.29) is 29.5 Å². The Kier molecular flexibility index (Phi) is 3.05. The number of carbonyl (C=O) groups is 2. The average molecular weight is 334 g/mol. The Hall–Kier alpha value is -2.17. The van der Waals surface area contributed by atoms with E-state index in [1.54, 1.807) is 6.08 Å². The number of hydrogen-bond acceptors (Lipinski definition) is 4. The zero-order valence-electron chi connectivity index (χ0n) is 12.7. The number of fused-ring (bicyclic) bond motifs is 7. The van der Waals surface area contributed by atoms with E-state index in [1.165, 1.54) is 11.8 Å². The summed E-state index contributed by atoms with van der Waals surface area (Å²) < 4.78 is 6.03. The normalized spacial score (nSPS) is 30.1. The second-order valence-electron chi connectivity index (χ2n) is 6.34. The van der Waals surface area contributed by atoms with Crippen LogP contribution in [0, 0.1) is 5.92 Å². The van der Waals surface area contributed by atoms with Crippen molar-refractivity contribution in [2.24, 2.45) is 5.92 Å². The van der Waals surface area contributed by atoms with Gasteiger partial charge in [-0.05, 0) is 23.8 Å². The van der Waals surface area contributed by atoms with Gasteiger partial charge in [-0.2, -0.15) is 0 Å². The Morgan fingerprint density at radius 1 is 0.833 bits per heavy atom. The fourth-order valence-corrected chi connectivity index (χ4v) is 5.12. The molecular formula is C20H14O3S. The largest absolute Gasteiger partial charge is 0.360 e. The van der Waals surface area contributed by atoms with E-state index in [9.17, 15) is 9.59 Å². The Morgan fingerprint density at radius 2 is 1.58 bits per heavy atom. The first-order chi connectivity index (χ1) is 11.7. The highest BCUT2D eigenvalue weighted by Gasteiger charge is 2.58. The third-order valence-electron chi connectivity index (χ3n) is 5.04. The molecule has 2 heterocycles. The third-order valence-corrected chi connectivity index (χ3v) is 6.14. The van der Waals surface area contributed by atoms with E-state index in [2.05, 4.69) is 0 Å². The van der Waals surface area contributed by atoms with Crippen LogP contribution in [0.25, 0.3) is 0 Å². The minimum atomic E-state index is -0.521. The Morgan fingerprint density at radius 3 is 2.42 bits per heavy atom. The first-order valence-electron chi connectivity index (χ1n) is 8.01. The van der Waals surface area contributed by atoms with Crippen molar-refractivity contribution >= 4 is 23.3 Å². The molecular weight excluding hydrogens is 320 g/mol. The maximum Gasteiger partial charge on any atom is 0.185 e. The molecule has 1 saturated heterocycles. The van der Waals surface area contributed by atoms with Crippen LogP contribution >= 0.6 is 11.8 Å². The van der Waals surface area contributed by atoms with Gasteiger partial charge in [-0.3, -0.25) is 9.59 Å². The minimum absolute atomic E-state index is 0.0262. The molecule has 0 radical (unpaired) electrons. The number of carbonyl (C=O) groups excluding carboxylic acids is 2. The molecule has 2 unspecified atom stereocenters. The second kappa shape index (κ2) is 5.16. The number of hydrogen-bond donors (Lipinski definition) is 0. The average Bonchev–Trinajstić information content (AvgIpc) is 3.10. The Bertz CT molecular complexity index is 887. The van der Waals surface area contributed by atoms with Crippen molar-refractivity contribution < 1.29 is 14.3 Å². The molecule has 1 aliphatic carbocycles. The molecule has 1 fully saturated rings. The van der Waals surface area contributed by atoms with E-state index in [0.29, 0.717) is 0 Å². The van der Waals surface area contributed by atoms with Gasteiger partial charge in [-0.15, -0.1) is 0 Å². The van der Waals surface area contributed by atoms with Gasteiger partial charge in [0.25, 0.3) is 0 Å². The molecule has 5 rings (SSSR count). The number of ether oxygens (including phenoxy) is 1. The van der Waals surface area contributed by atoms with E-state index >= 15 is 0 Å². The zero-order chi connectivity index (χ0) is 16.3. The summed E-state index contributed by atoms with van der Waals surface area (Å²) in [6, 6.07) is 17.5. The van der Waals surface area contributed by atoms with Crippen LogP contribution in [0.1, 0.15) is 21.8 Å². The van der Waals surface area contributed by atoms with Crippen LogP contribution in [-0.2, 0) is 9.53 Å². The number of Topliss-reactive ketones (excluding diaryl/α,β-unsaturated/α-hetero) is 1. The maximum absolute atomic E-state index is 12.9. The standard InChI is InChI=1S/C20H14O3S/c21-14-10-15(24-11-6-2-1-3-7-11)20-17-16(19(14)23-20)12-8-4-5-9-13(12)18(17)22/h1-10,16-17,19-20H/t16?,17?,19-,20+/m1/s1. The molecule has 24 heavy (non-hydrogen) atoms. The molecule has 3 nitrogen and oxygen atoms in total. The van der Waals surface area contributed by atoms with Gasteiger partial charge in [0, 0.05) is 21.3 Å². The minimum Gasteiger partial charge on any atom is -0.360 e. The van der Waals surface area contributed by atoms with Gasteiger partial charge in [0.1, 0.15) is 12.2 Å². The monoisotopic (exact) mass is 334 g/mol. The van der Waals surface area contributed by atoms with Crippen molar-refractivity contribution in [3.63, 3.8) is 0 Å². The molecule has 2 aromatic carbocycles. The molecule has 0 amide bonds. The summed E-state index contributed by atoms with van der Waals surface area (Å²) in [6.45, 7) is 0. The molecule has 3 aliphatic rings. The predicted molar refractivity (Wildman–Crippen MR) is 91.1 cm³/mol. The summed E-state index contributed by atoms with van der Waals surface area (Å²) in [6.07, 6.45) is 0.848. The lowest BCUT2D eigenvalue weighted by molar-refractivity contribution is -0.126. The SMILES string of the molecule is O=C1c2ccccc2C2C1[C@H]1O[C@@H]2C(=O)C=C1Sc1ccccc1. The summed E-state index contributed by atoms with van der Waals surface area (Å²) in [7, 11) is 0.